The molecule has 1 aliphatic heterocycles. The molecule has 134 valence electrons. The molecule has 2 N–H and O–H groups in total. The molecule has 4 rings (SSSR count). The average molecular weight is 371 g/mol. The van der Waals surface area contributed by atoms with Gasteiger partial charge in [-0.15, -0.1) is 0 Å². The van der Waals surface area contributed by atoms with E-state index < -0.39 is 0 Å². The molecule has 0 spiro atoms. The number of aromatic nitrogens is 2. The number of morpholine rings is 1. The normalized spacial score (nSPS) is 15.3. The average Bonchev–Trinajstić information content (AvgIpc) is 3.12. The predicted molar refractivity (Wildman–Crippen MR) is 102 cm³/mol. The Hall–Kier alpha value is -2.41. The molecule has 1 aromatic heterocycles. The summed E-state index contributed by atoms with van der Waals surface area (Å²) in [5.74, 6) is -0.182. The first-order valence-corrected chi connectivity index (χ1v) is 8.90. The van der Waals surface area contributed by atoms with Crippen LogP contribution in [0.25, 0.3) is 11.0 Å². The van der Waals surface area contributed by atoms with Gasteiger partial charge in [0, 0.05) is 35.9 Å². The number of halogens is 1. The number of fused-ring (bicyclic) bond motifs is 1. The van der Waals surface area contributed by atoms with Crippen LogP contribution in [0.5, 0.6) is 0 Å². The number of carbonyl (C=O) groups is 1. The molecule has 0 saturated carbocycles. The molecule has 2 heterocycles. The third-order valence-corrected chi connectivity index (χ3v) is 4.84. The zero-order chi connectivity index (χ0) is 17.9. The summed E-state index contributed by atoms with van der Waals surface area (Å²) in [5, 5.41) is 3.55. The molecular formula is C19H19ClN4O2. The van der Waals surface area contributed by atoms with Crippen molar-refractivity contribution in [2.75, 3.05) is 31.6 Å². The summed E-state index contributed by atoms with van der Waals surface area (Å²) in [6.07, 6.45) is 1.61. The Morgan fingerprint density at radius 3 is 2.88 bits per heavy atom. The van der Waals surface area contributed by atoms with Crippen molar-refractivity contribution in [1.82, 2.24) is 14.9 Å². The van der Waals surface area contributed by atoms with Crippen molar-refractivity contribution in [1.29, 1.82) is 0 Å². The van der Waals surface area contributed by atoms with Gasteiger partial charge in [0.1, 0.15) is 0 Å². The Labute approximate surface area is 156 Å². The van der Waals surface area contributed by atoms with Crippen molar-refractivity contribution in [2.45, 2.75) is 6.54 Å². The van der Waals surface area contributed by atoms with E-state index in [4.69, 9.17) is 16.3 Å². The maximum absolute atomic E-state index is 12.5. The van der Waals surface area contributed by atoms with Crippen LogP contribution < -0.4 is 5.32 Å². The highest BCUT2D eigenvalue weighted by Gasteiger charge is 2.14. The van der Waals surface area contributed by atoms with Crippen molar-refractivity contribution in [3.8, 4) is 0 Å². The standard InChI is InChI=1S/C19H19ClN4O2/c20-16-10-15(3-1-14(16)11-24-5-7-26-8-6-24)23-19(25)13-2-4-17-18(9-13)22-12-21-17/h1-4,9-10,12H,5-8,11H2,(H,21,22)(H,23,25). The van der Waals surface area contributed by atoms with Gasteiger partial charge in [0.05, 0.1) is 30.6 Å². The highest BCUT2D eigenvalue weighted by molar-refractivity contribution is 6.31. The quantitative estimate of drug-likeness (QED) is 0.739. The third kappa shape index (κ3) is 3.72. The van der Waals surface area contributed by atoms with Crippen LogP contribution in [-0.2, 0) is 11.3 Å². The molecule has 1 amide bonds. The summed E-state index contributed by atoms with van der Waals surface area (Å²) in [6.45, 7) is 4.11. The van der Waals surface area contributed by atoms with E-state index in [1.165, 1.54) is 0 Å². The van der Waals surface area contributed by atoms with Crippen LogP contribution in [0.1, 0.15) is 15.9 Å². The highest BCUT2D eigenvalue weighted by atomic mass is 35.5. The lowest BCUT2D eigenvalue weighted by atomic mass is 10.1. The number of anilines is 1. The topological polar surface area (TPSA) is 70.2 Å². The van der Waals surface area contributed by atoms with Crippen LogP contribution in [0.2, 0.25) is 5.02 Å². The van der Waals surface area contributed by atoms with Gasteiger partial charge in [0.2, 0.25) is 0 Å². The van der Waals surface area contributed by atoms with E-state index >= 15 is 0 Å². The number of H-pyrrole nitrogens is 1. The zero-order valence-corrected chi connectivity index (χ0v) is 14.9. The van der Waals surface area contributed by atoms with E-state index in [1.807, 2.05) is 18.2 Å². The van der Waals surface area contributed by atoms with E-state index in [0.29, 0.717) is 16.3 Å². The monoisotopic (exact) mass is 370 g/mol. The van der Waals surface area contributed by atoms with Crippen molar-refractivity contribution in [3.05, 3.63) is 58.9 Å². The van der Waals surface area contributed by atoms with Crippen LogP contribution in [0.4, 0.5) is 5.69 Å². The molecule has 6 nitrogen and oxygen atoms in total. The smallest absolute Gasteiger partial charge is 0.255 e. The Bertz CT molecular complexity index is 934. The summed E-state index contributed by atoms with van der Waals surface area (Å²) >= 11 is 6.42. The number of hydrogen-bond donors (Lipinski definition) is 2. The molecule has 1 aliphatic rings. The first kappa shape index (κ1) is 17.0. The van der Waals surface area contributed by atoms with Gasteiger partial charge in [0.15, 0.2) is 0 Å². The lowest BCUT2D eigenvalue weighted by molar-refractivity contribution is 0.0342. The van der Waals surface area contributed by atoms with Gasteiger partial charge >= 0.3 is 0 Å². The number of rotatable bonds is 4. The number of carbonyl (C=O) groups excluding carboxylic acids is 1. The van der Waals surface area contributed by atoms with E-state index in [9.17, 15) is 4.79 Å². The van der Waals surface area contributed by atoms with E-state index in [2.05, 4.69) is 20.2 Å². The SMILES string of the molecule is O=C(Nc1ccc(CN2CCOCC2)c(Cl)c1)c1ccc2nc[nH]c2c1. The number of aromatic amines is 1. The van der Waals surface area contributed by atoms with Crippen LogP contribution in [0.15, 0.2) is 42.7 Å². The fourth-order valence-corrected chi connectivity index (χ4v) is 3.27. The van der Waals surface area contributed by atoms with Crippen LogP contribution in [0.3, 0.4) is 0 Å². The van der Waals surface area contributed by atoms with E-state index in [0.717, 1.165) is 49.4 Å². The molecule has 0 atom stereocenters. The maximum Gasteiger partial charge on any atom is 0.255 e. The second-order valence-electron chi connectivity index (χ2n) is 6.28. The molecule has 1 saturated heterocycles. The number of benzene rings is 2. The van der Waals surface area contributed by atoms with Crippen LogP contribution in [0, 0.1) is 0 Å². The number of nitrogens with one attached hydrogen (secondary N) is 2. The molecule has 1 fully saturated rings. The van der Waals surface area contributed by atoms with Crippen LogP contribution in [-0.4, -0.2) is 47.1 Å². The molecule has 0 unspecified atom stereocenters. The number of ether oxygens (including phenoxy) is 1. The molecule has 0 radical (unpaired) electrons. The van der Waals surface area contributed by atoms with Gasteiger partial charge in [-0.1, -0.05) is 17.7 Å². The van der Waals surface area contributed by atoms with Crippen molar-refractivity contribution < 1.29 is 9.53 Å². The molecule has 0 aliphatic carbocycles. The molecule has 0 bridgehead atoms. The number of imidazole rings is 1. The first-order chi connectivity index (χ1) is 12.7. The summed E-state index contributed by atoms with van der Waals surface area (Å²) in [4.78, 5) is 22.0. The summed E-state index contributed by atoms with van der Waals surface area (Å²) in [7, 11) is 0. The van der Waals surface area contributed by atoms with Crippen molar-refractivity contribution in [2.24, 2.45) is 0 Å². The Morgan fingerprint density at radius 1 is 1.23 bits per heavy atom. The number of nitrogens with zero attached hydrogens (tertiary/aromatic N) is 2. The van der Waals surface area contributed by atoms with Gasteiger partial charge in [-0.25, -0.2) is 4.98 Å². The van der Waals surface area contributed by atoms with E-state index in [-0.39, 0.29) is 5.91 Å². The minimum Gasteiger partial charge on any atom is -0.379 e. The molecule has 2 aromatic carbocycles. The lowest BCUT2D eigenvalue weighted by Gasteiger charge is -2.27. The lowest BCUT2D eigenvalue weighted by Crippen LogP contribution is -2.35. The fourth-order valence-electron chi connectivity index (χ4n) is 3.03. The van der Waals surface area contributed by atoms with Crippen molar-refractivity contribution in [3.63, 3.8) is 0 Å². The number of amides is 1. The largest absolute Gasteiger partial charge is 0.379 e. The molecule has 26 heavy (non-hydrogen) atoms. The third-order valence-electron chi connectivity index (χ3n) is 4.49. The predicted octanol–water partition coefficient (Wildman–Crippen LogP) is 3.30. The highest BCUT2D eigenvalue weighted by Crippen LogP contribution is 2.23. The second kappa shape index (κ2) is 7.45. The Kier molecular flexibility index (Phi) is 4.88. The summed E-state index contributed by atoms with van der Waals surface area (Å²) in [6, 6.07) is 11.0. The minimum absolute atomic E-state index is 0.182. The maximum atomic E-state index is 12.5. The van der Waals surface area contributed by atoms with Crippen molar-refractivity contribution >= 4 is 34.2 Å². The Morgan fingerprint density at radius 2 is 2.08 bits per heavy atom. The zero-order valence-electron chi connectivity index (χ0n) is 14.2. The Balaban J connectivity index is 1.45. The van der Waals surface area contributed by atoms with Gasteiger partial charge < -0.3 is 15.0 Å². The minimum atomic E-state index is -0.182. The van der Waals surface area contributed by atoms with Gasteiger partial charge in [0.25, 0.3) is 5.91 Å². The van der Waals surface area contributed by atoms with Gasteiger partial charge in [-0.3, -0.25) is 9.69 Å². The van der Waals surface area contributed by atoms with Crippen LogP contribution >= 0.6 is 11.6 Å². The summed E-state index contributed by atoms with van der Waals surface area (Å²) in [5.41, 5.74) is 3.95. The molecule has 7 heteroatoms. The number of hydrogen-bond acceptors (Lipinski definition) is 4. The van der Waals surface area contributed by atoms with E-state index in [1.54, 1.807) is 24.5 Å². The molecule has 3 aromatic rings. The first-order valence-electron chi connectivity index (χ1n) is 8.52. The summed E-state index contributed by atoms with van der Waals surface area (Å²) < 4.78 is 5.37. The molecular weight excluding hydrogens is 352 g/mol. The van der Waals surface area contributed by atoms with Gasteiger partial charge in [-0.2, -0.15) is 0 Å². The second-order valence-corrected chi connectivity index (χ2v) is 6.69. The van der Waals surface area contributed by atoms with Gasteiger partial charge in [-0.05, 0) is 35.9 Å². The fraction of sp³-hybridized carbons (Fsp3) is 0.263.